The second-order valence-electron chi connectivity index (χ2n) is 8.79. The highest BCUT2D eigenvalue weighted by Gasteiger charge is 2.19. The monoisotopic (exact) mass is 502 g/mol. The summed E-state index contributed by atoms with van der Waals surface area (Å²) in [6.07, 6.45) is 2.97. The Labute approximate surface area is 211 Å². The van der Waals surface area contributed by atoms with Gasteiger partial charge in [-0.05, 0) is 62.7 Å². The Hall–Kier alpha value is -2.22. The Balaban J connectivity index is 0.00000324. The molecule has 1 N–H and O–H groups in total. The van der Waals surface area contributed by atoms with Gasteiger partial charge in [0.1, 0.15) is 0 Å². The number of hydrogen-bond acceptors (Lipinski definition) is 5. The number of fused-ring (bicyclic) bond motifs is 1. The first kappa shape index (κ1) is 26.4. The summed E-state index contributed by atoms with van der Waals surface area (Å²) in [7, 11) is 0. The number of halogens is 1. The Kier molecular flexibility index (Phi) is 9.68. The van der Waals surface area contributed by atoms with Crippen molar-refractivity contribution in [3.05, 3.63) is 68.9 Å². The van der Waals surface area contributed by atoms with Crippen LogP contribution in [0.15, 0.2) is 56.9 Å². The third kappa shape index (κ3) is 6.26. The molecule has 1 saturated heterocycles. The number of aromatic nitrogens is 2. The number of piperazine rings is 1. The second kappa shape index (κ2) is 12.5. The van der Waals surface area contributed by atoms with Crippen LogP contribution in [0.2, 0.25) is 0 Å². The zero-order valence-corrected chi connectivity index (χ0v) is 21.7. The van der Waals surface area contributed by atoms with Crippen molar-refractivity contribution < 1.29 is 0 Å². The van der Waals surface area contributed by atoms with Gasteiger partial charge >= 0.3 is 5.69 Å². The third-order valence-electron chi connectivity index (χ3n) is 6.28. The number of nitrogens with one attached hydrogen (secondary N) is 1. The van der Waals surface area contributed by atoms with E-state index in [1.54, 1.807) is 6.07 Å². The topological polar surface area (TPSA) is 61.3 Å². The van der Waals surface area contributed by atoms with Gasteiger partial charge in [-0.15, -0.1) is 24.2 Å². The molecule has 3 aromatic rings. The summed E-state index contributed by atoms with van der Waals surface area (Å²) in [6, 6.07) is 14.3. The molecule has 2 aromatic carbocycles. The van der Waals surface area contributed by atoms with Crippen molar-refractivity contribution >= 4 is 40.8 Å². The van der Waals surface area contributed by atoms with E-state index in [2.05, 4.69) is 46.0 Å². The summed E-state index contributed by atoms with van der Waals surface area (Å²) >= 11 is 1.95. The van der Waals surface area contributed by atoms with E-state index in [1.807, 2.05) is 30.8 Å². The molecule has 1 aromatic heterocycles. The van der Waals surface area contributed by atoms with Gasteiger partial charge in [0.2, 0.25) is 0 Å². The Morgan fingerprint density at radius 3 is 2.47 bits per heavy atom. The summed E-state index contributed by atoms with van der Waals surface area (Å²) in [6.45, 7) is 9.79. The first-order valence-electron chi connectivity index (χ1n) is 12.0. The summed E-state index contributed by atoms with van der Waals surface area (Å²) in [5.41, 5.74) is 2.49. The van der Waals surface area contributed by atoms with E-state index in [4.69, 9.17) is 0 Å². The molecule has 8 heteroatoms. The fraction of sp³-hybridized carbons (Fsp3) is 0.462. The number of rotatable bonds is 9. The lowest BCUT2D eigenvalue weighted by Gasteiger charge is -2.37. The van der Waals surface area contributed by atoms with Gasteiger partial charge in [-0.2, -0.15) is 0 Å². The molecule has 2 heterocycles. The Bertz CT molecular complexity index is 1200. The lowest BCUT2D eigenvalue weighted by molar-refractivity contribution is 0.250. The summed E-state index contributed by atoms with van der Waals surface area (Å²) in [5.74, 6) is 1.15. The highest BCUT2D eigenvalue weighted by atomic mass is 35.5. The number of nitrogens with zero attached hydrogens (tertiary/aromatic N) is 3. The van der Waals surface area contributed by atoms with Gasteiger partial charge < -0.3 is 9.88 Å². The number of unbranched alkanes of at least 4 members (excludes halogenated alkanes) is 1. The average Bonchev–Trinajstić information content (AvgIpc) is 2.83. The fourth-order valence-electron chi connectivity index (χ4n) is 4.44. The van der Waals surface area contributed by atoms with Gasteiger partial charge in [-0.1, -0.05) is 30.7 Å². The highest BCUT2D eigenvalue weighted by Crippen LogP contribution is 2.31. The van der Waals surface area contributed by atoms with Crippen LogP contribution in [-0.2, 0) is 6.54 Å². The van der Waals surface area contributed by atoms with E-state index >= 15 is 0 Å². The smallest absolute Gasteiger partial charge is 0.328 e. The molecular formula is C26H35ClN4O2S. The zero-order valence-electron chi connectivity index (χ0n) is 20.1. The number of benzene rings is 2. The van der Waals surface area contributed by atoms with Crippen molar-refractivity contribution in [2.75, 3.05) is 43.4 Å². The number of aromatic amines is 1. The van der Waals surface area contributed by atoms with Crippen molar-refractivity contribution in [1.82, 2.24) is 14.5 Å². The van der Waals surface area contributed by atoms with E-state index < -0.39 is 0 Å². The van der Waals surface area contributed by atoms with Crippen LogP contribution in [0.3, 0.4) is 0 Å². The van der Waals surface area contributed by atoms with Crippen LogP contribution < -0.4 is 16.1 Å². The minimum absolute atomic E-state index is 0. The van der Waals surface area contributed by atoms with Crippen LogP contribution in [0.5, 0.6) is 0 Å². The molecule has 0 bridgehead atoms. The largest absolute Gasteiger partial charge is 0.368 e. The Morgan fingerprint density at radius 2 is 1.71 bits per heavy atom. The van der Waals surface area contributed by atoms with Crippen LogP contribution in [0.1, 0.15) is 31.7 Å². The molecule has 0 aliphatic carbocycles. The molecule has 0 unspecified atom stereocenters. The van der Waals surface area contributed by atoms with E-state index in [1.165, 1.54) is 21.6 Å². The molecule has 34 heavy (non-hydrogen) atoms. The minimum Gasteiger partial charge on any atom is -0.368 e. The molecule has 0 radical (unpaired) electrons. The number of hydrogen-bond donors (Lipinski definition) is 1. The van der Waals surface area contributed by atoms with E-state index in [0.29, 0.717) is 17.4 Å². The molecule has 0 atom stereocenters. The van der Waals surface area contributed by atoms with Gasteiger partial charge in [0, 0.05) is 37.6 Å². The van der Waals surface area contributed by atoms with Crippen molar-refractivity contribution in [3.63, 3.8) is 0 Å². The number of anilines is 1. The fourth-order valence-corrected chi connectivity index (χ4v) is 5.38. The van der Waals surface area contributed by atoms with Gasteiger partial charge in [-0.3, -0.25) is 14.3 Å². The first-order valence-corrected chi connectivity index (χ1v) is 13.0. The van der Waals surface area contributed by atoms with E-state index in [0.717, 1.165) is 56.9 Å². The van der Waals surface area contributed by atoms with Gasteiger partial charge in [0.25, 0.3) is 5.56 Å². The third-order valence-corrected chi connectivity index (χ3v) is 7.55. The van der Waals surface area contributed by atoms with Gasteiger partial charge in [-0.25, -0.2) is 4.79 Å². The quantitative estimate of drug-likeness (QED) is 0.344. The van der Waals surface area contributed by atoms with Crippen molar-refractivity contribution in [2.24, 2.45) is 0 Å². The molecule has 6 nitrogen and oxygen atoms in total. The predicted molar refractivity (Wildman–Crippen MR) is 146 cm³/mol. The molecule has 0 saturated carbocycles. The van der Waals surface area contributed by atoms with Crippen LogP contribution in [-0.4, -0.2) is 52.9 Å². The average molecular weight is 503 g/mol. The molecule has 0 amide bonds. The molecule has 184 valence electrons. The number of para-hydroxylation sites is 1. The maximum atomic E-state index is 12.8. The molecular weight excluding hydrogens is 468 g/mol. The minimum atomic E-state index is -0.315. The van der Waals surface area contributed by atoms with Crippen molar-refractivity contribution in [3.8, 4) is 0 Å². The first-order chi connectivity index (χ1) is 16.1. The maximum absolute atomic E-state index is 12.8. The lowest BCUT2D eigenvalue weighted by atomic mass is 10.1. The molecule has 4 rings (SSSR count). The lowest BCUT2D eigenvalue weighted by Crippen LogP contribution is -2.46. The van der Waals surface area contributed by atoms with Crippen molar-refractivity contribution in [2.45, 2.75) is 44.6 Å². The van der Waals surface area contributed by atoms with Crippen LogP contribution in [0.25, 0.3) is 10.9 Å². The van der Waals surface area contributed by atoms with E-state index in [9.17, 15) is 9.59 Å². The SMILES string of the molecule is CCCSc1ccccc1N1CCN(CCCCn2c(=O)[nH]c3ccc(C)cc3c2=O)CC1.Cl. The molecule has 1 fully saturated rings. The highest BCUT2D eigenvalue weighted by molar-refractivity contribution is 7.99. The zero-order chi connectivity index (χ0) is 23.2. The predicted octanol–water partition coefficient (Wildman–Crippen LogP) is 4.52. The standard InChI is InChI=1S/C26H34N4O2S.ClH/c1-3-18-33-24-9-5-4-8-23(24)29-16-14-28(15-17-29)12-6-7-13-30-25(31)21-19-20(2)10-11-22(21)27-26(30)32;/h4-5,8-11,19H,3,6-7,12-18H2,1-2H3,(H,27,32);1H. The number of H-pyrrole nitrogens is 1. The van der Waals surface area contributed by atoms with Crippen molar-refractivity contribution in [1.29, 1.82) is 0 Å². The summed E-state index contributed by atoms with van der Waals surface area (Å²) in [4.78, 5) is 34.4. The molecule has 1 aliphatic heterocycles. The molecule has 1 aliphatic rings. The van der Waals surface area contributed by atoms with Crippen LogP contribution in [0.4, 0.5) is 5.69 Å². The normalized spacial score (nSPS) is 14.4. The number of aryl methyl sites for hydroxylation is 1. The van der Waals surface area contributed by atoms with E-state index in [-0.39, 0.29) is 23.7 Å². The Morgan fingerprint density at radius 1 is 0.971 bits per heavy atom. The van der Waals surface area contributed by atoms with Gasteiger partial charge in [0.15, 0.2) is 0 Å². The van der Waals surface area contributed by atoms with Crippen LogP contribution >= 0.6 is 24.2 Å². The summed E-state index contributed by atoms with van der Waals surface area (Å²) in [5, 5.41) is 0.586. The summed E-state index contributed by atoms with van der Waals surface area (Å²) < 4.78 is 1.35. The van der Waals surface area contributed by atoms with Gasteiger partial charge in [0.05, 0.1) is 16.6 Å². The number of thioether (sulfide) groups is 1. The maximum Gasteiger partial charge on any atom is 0.328 e. The molecule has 0 spiro atoms. The second-order valence-corrected chi connectivity index (χ2v) is 9.92. The van der Waals surface area contributed by atoms with Crippen LogP contribution in [0, 0.1) is 6.92 Å².